The number of carbonyl (C=O) groups is 2. The number of hydrogen-bond acceptors (Lipinski definition) is 5. The van der Waals surface area contributed by atoms with Crippen LogP contribution in [0, 0.1) is 0 Å². The third-order valence-corrected chi connectivity index (χ3v) is 6.21. The lowest BCUT2D eigenvalue weighted by atomic mass is 10.0. The van der Waals surface area contributed by atoms with Crippen LogP contribution in [0.4, 0.5) is 0 Å². The molecule has 0 unspecified atom stereocenters. The topological polar surface area (TPSA) is 97.6 Å². The number of benzene rings is 1. The van der Waals surface area contributed by atoms with Gasteiger partial charge in [-0.1, -0.05) is 29.3 Å². The summed E-state index contributed by atoms with van der Waals surface area (Å²) in [7, 11) is 1.51. The molecule has 0 saturated carbocycles. The van der Waals surface area contributed by atoms with Crippen molar-refractivity contribution in [2.24, 2.45) is 0 Å². The molecule has 162 valence electrons. The van der Waals surface area contributed by atoms with Gasteiger partial charge in [0.25, 0.3) is 5.91 Å². The number of carboxylic acid groups (broad SMARTS) is 1. The zero-order valence-electron chi connectivity index (χ0n) is 16.8. The van der Waals surface area contributed by atoms with Crippen molar-refractivity contribution in [3.63, 3.8) is 0 Å². The van der Waals surface area contributed by atoms with Crippen molar-refractivity contribution in [2.45, 2.75) is 32.4 Å². The molecular weight excluding hydrogens is 443 g/mol. The Bertz CT molecular complexity index is 1160. The van der Waals surface area contributed by atoms with Crippen LogP contribution in [0.15, 0.2) is 24.5 Å². The fourth-order valence-corrected chi connectivity index (χ4v) is 4.37. The van der Waals surface area contributed by atoms with E-state index in [2.05, 4.69) is 9.97 Å². The monoisotopic (exact) mass is 462 g/mol. The van der Waals surface area contributed by atoms with Crippen LogP contribution >= 0.6 is 23.2 Å². The lowest BCUT2D eigenvalue weighted by Gasteiger charge is -2.27. The lowest BCUT2D eigenvalue weighted by molar-refractivity contribution is -0.137. The summed E-state index contributed by atoms with van der Waals surface area (Å²) >= 11 is 12.8. The van der Waals surface area contributed by atoms with Crippen molar-refractivity contribution in [3.05, 3.63) is 51.7 Å². The van der Waals surface area contributed by atoms with Gasteiger partial charge in [0, 0.05) is 49.1 Å². The summed E-state index contributed by atoms with van der Waals surface area (Å²) in [6.45, 7) is 1.37. The fourth-order valence-electron chi connectivity index (χ4n) is 3.96. The number of fused-ring (bicyclic) bond motifs is 3. The zero-order chi connectivity index (χ0) is 22.1. The molecule has 3 aromatic rings. The highest BCUT2D eigenvalue weighted by Crippen LogP contribution is 2.38. The van der Waals surface area contributed by atoms with Crippen LogP contribution < -0.4 is 4.74 Å². The normalized spacial score (nSPS) is 13.3. The van der Waals surface area contributed by atoms with E-state index in [0.717, 1.165) is 22.2 Å². The molecule has 1 aliphatic heterocycles. The van der Waals surface area contributed by atoms with Crippen LogP contribution in [0.3, 0.4) is 0 Å². The number of ether oxygens (including phenoxy) is 1. The van der Waals surface area contributed by atoms with Gasteiger partial charge in [0.05, 0.1) is 35.1 Å². The number of carbonyl (C=O) groups excluding carboxylic acids is 1. The second kappa shape index (κ2) is 8.72. The molecule has 8 nitrogen and oxygen atoms in total. The second-order valence-corrected chi connectivity index (χ2v) is 8.04. The molecule has 1 N–H and O–H groups in total. The Morgan fingerprint density at radius 1 is 1.23 bits per heavy atom. The number of rotatable bonds is 6. The Kier molecular flexibility index (Phi) is 6.02. The molecule has 0 radical (unpaired) electrons. The molecule has 0 spiro atoms. The molecule has 0 aliphatic carbocycles. The Hall–Kier alpha value is -2.84. The molecule has 0 bridgehead atoms. The molecule has 1 amide bonds. The van der Waals surface area contributed by atoms with Gasteiger partial charge in [-0.15, -0.1) is 0 Å². The Balaban J connectivity index is 1.69. The van der Waals surface area contributed by atoms with Gasteiger partial charge >= 0.3 is 5.97 Å². The molecule has 2 aromatic heterocycles. The first-order valence-corrected chi connectivity index (χ1v) is 10.5. The average Bonchev–Trinajstić information content (AvgIpc) is 3.09. The summed E-state index contributed by atoms with van der Waals surface area (Å²) in [4.78, 5) is 33.8. The van der Waals surface area contributed by atoms with E-state index in [0.29, 0.717) is 48.3 Å². The maximum atomic E-state index is 13.0. The van der Waals surface area contributed by atoms with Gasteiger partial charge in [-0.3, -0.25) is 9.59 Å². The van der Waals surface area contributed by atoms with Crippen molar-refractivity contribution in [2.75, 3.05) is 13.7 Å². The highest BCUT2D eigenvalue weighted by atomic mass is 35.5. The number of methoxy groups -OCH3 is 1. The predicted molar refractivity (Wildman–Crippen MR) is 116 cm³/mol. The first kappa shape index (κ1) is 21.4. The minimum Gasteiger partial charge on any atom is -0.494 e. The van der Waals surface area contributed by atoms with Gasteiger partial charge in [-0.2, -0.15) is 0 Å². The molecular formula is C21H20Cl2N4O4. The average molecular weight is 463 g/mol. The van der Waals surface area contributed by atoms with Gasteiger partial charge in [0.1, 0.15) is 0 Å². The van der Waals surface area contributed by atoms with Gasteiger partial charge < -0.3 is 19.3 Å². The first-order chi connectivity index (χ1) is 14.9. The maximum Gasteiger partial charge on any atom is 0.303 e. The SMILES string of the molecule is COc1cnc(C(=O)N2CCc3c(c4ccc(Cl)c(Cl)c4n3CCCC(=O)O)C2)nc1. The molecule has 10 heteroatoms. The van der Waals surface area contributed by atoms with Crippen LogP contribution in [-0.4, -0.2) is 50.1 Å². The van der Waals surface area contributed by atoms with Crippen LogP contribution in [0.2, 0.25) is 10.0 Å². The van der Waals surface area contributed by atoms with E-state index in [-0.39, 0.29) is 18.2 Å². The molecule has 3 heterocycles. The number of aromatic nitrogens is 3. The molecule has 0 saturated heterocycles. The summed E-state index contributed by atoms with van der Waals surface area (Å²) in [6, 6.07) is 3.63. The smallest absolute Gasteiger partial charge is 0.303 e. The summed E-state index contributed by atoms with van der Waals surface area (Å²) in [6.07, 6.45) is 4.06. The molecule has 4 rings (SSSR count). The quantitative estimate of drug-likeness (QED) is 0.597. The molecule has 0 fully saturated rings. The van der Waals surface area contributed by atoms with Gasteiger partial charge in [-0.25, -0.2) is 9.97 Å². The Morgan fingerprint density at radius 2 is 1.97 bits per heavy atom. The third-order valence-electron chi connectivity index (χ3n) is 5.42. The number of aryl methyl sites for hydroxylation is 1. The standard InChI is InChI=1S/C21H20Cl2N4O4/c1-31-12-9-24-20(25-10-12)21(30)26-8-6-16-14(11-26)13-4-5-15(22)18(23)19(13)27(16)7-2-3-17(28)29/h4-5,9-10H,2-3,6-8,11H2,1H3,(H,28,29). The second-order valence-electron chi connectivity index (χ2n) is 7.25. The highest BCUT2D eigenvalue weighted by molar-refractivity contribution is 6.45. The van der Waals surface area contributed by atoms with Crippen molar-refractivity contribution in [3.8, 4) is 5.75 Å². The van der Waals surface area contributed by atoms with E-state index in [1.807, 2.05) is 10.6 Å². The Labute approximate surface area is 188 Å². The summed E-state index contributed by atoms with van der Waals surface area (Å²) < 4.78 is 7.10. The number of carboxylic acids is 1. The number of aliphatic carboxylic acids is 1. The van der Waals surface area contributed by atoms with Gasteiger partial charge in [0.15, 0.2) is 5.75 Å². The molecule has 1 aromatic carbocycles. The maximum absolute atomic E-state index is 13.0. The summed E-state index contributed by atoms with van der Waals surface area (Å²) in [5.41, 5.74) is 2.81. The number of nitrogens with zero attached hydrogens (tertiary/aromatic N) is 4. The van der Waals surface area contributed by atoms with Gasteiger partial charge in [-0.05, 0) is 12.5 Å². The van der Waals surface area contributed by atoms with E-state index >= 15 is 0 Å². The summed E-state index contributed by atoms with van der Waals surface area (Å²) in [5.74, 6) is -0.519. The van der Waals surface area contributed by atoms with E-state index in [1.54, 1.807) is 11.0 Å². The molecule has 31 heavy (non-hydrogen) atoms. The largest absolute Gasteiger partial charge is 0.494 e. The van der Waals surface area contributed by atoms with Gasteiger partial charge in [0.2, 0.25) is 5.82 Å². The number of halogens is 2. The predicted octanol–water partition coefficient (Wildman–Crippen LogP) is 3.81. The number of hydrogen-bond donors (Lipinski definition) is 1. The highest BCUT2D eigenvalue weighted by Gasteiger charge is 2.29. The van der Waals surface area contributed by atoms with E-state index in [1.165, 1.54) is 19.5 Å². The lowest BCUT2D eigenvalue weighted by Crippen LogP contribution is -2.37. The molecule has 1 aliphatic rings. The fraction of sp³-hybridized carbons (Fsp3) is 0.333. The van der Waals surface area contributed by atoms with Crippen LogP contribution in [0.1, 0.15) is 34.7 Å². The van der Waals surface area contributed by atoms with E-state index < -0.39 is 5.97 Å². The summed E-state index contributed by atoms with van der Waals surface area (Å²) in [5, 5.41) is 10.8. The zero-order valence-corrected chi connectivity index (χ0v) is 18.3. The van der Waals surface area contributed by atoms with Crippen LogP contribution in [0.25, 0.3) is 10.9 Å². The van der Waals surface area contributed by atoms with Crippen molar-refractivity contribution < 1.29 is 19.4 Å². The molecule has 0 atom stereocenters. The number of amides is 1. The van der Waals surface area contributed by atoms with Crippen LogP contribution in [-0.2, 0) is 24.3 Å². The third kappa shape index (κ3) is 4.05. The van der Waals surface area contributed by atoms with Crippen LogP contribution in [0.5, 0.6) is 5.75 Å². The van der Waals surface area contributed by atoms with E-state index in [4.69, 9.17) is 33.0 Å². The van der Waals surface area contributed by atoms with Crippen molar-refractivity contribution in [1.82, 2.24) is 19.4 Å². The first-order valence-electron chi connectivity index (χ1n) is 9.75. The van der Waals surface area contributed by atoms with Crippen molar-refractivity contribution >= 4 is 46.0 Å². The van der Waals surface area contributed by atoms with E-state index in [9.17, 15) is 9.59 Å². The minimum absolute atomic E-state index is 0.0616. The Morgan fingerprint density at radius 3 is 2.65 bits per heavy atom. The minimum atomic E-state index is -0.842. The van der Waals surface area contributed by atoms with Crippen molar-refractivity contribution in [1.29, 1.82) is 0 Å².